The molecule has 0 aromatic carbocycles. The fourth-order valence-corrected chi connectivity index (χ4v) is 5.98. The highest BCUT2D eigenvalue weighted by molar-refractivity contribution is 5.71. The lowest BCUT2D eigenvalue weighted by Crippen LogP contribution is -2.31. The Balaban J connectivity index is 4.10. The highest BCUT2D eigenvalue weighted by Crippen LogP contribution is 2.14. The van der Waals surface area contributed by atoms with Crippen molar-refractivity contribution in [3.8, 4) is 0 Å². The molecule has 1 atom stereocenters. The zero-order valence-corrected chi connectivity index (χ0v) is 34.0. The molecule has 0 aliphatic carbocycles. The summed E-state index contributed by atoms with van der Waals surface area (Å²) in [7, 11) is 0. The number of carbonyl (C=O) groups excluding carboxylic acids is 3. The smallest absolute Gasteiger partial charge is 0.306 e. The van der Waals surface area contributed by atoms with Gasteiger partial charge in [0.25, 0.3) is 0 Å². The molecule has 0 aliphatic rings. The maximum atomic E-state index is 12.5. The van der Waals surface area contributed by atoms with E-state index >= 15 is 0 Å². The van der Waals surface area contributed by atoms with E-state index in [1.54, 1.807) is 0 Å². The first-order chi connectivity index (χ1) is 24.9. The lowest BCUT2D eigenvalue weighted by atomic mass is 10.1. The quantitative estimate of drug-likeness (QED) is 0.0274. The third-order valence-corrected chi connectivity index (χ3v) is 9.66. The maximum Gasteiger partial charge on any atom is 0.306 e. The van der Waals surface area contributed by atoms with Gasteiger partial charge in [-0.05, 0) is 70.1 Å². The van der Waals surface area contributed by atoms with Crippen LogP contribution >= 0.6 is 0 Å². The first-order valence-electron chi connectivity index (χ1n) is 21.7. The van der Waals surface area contributed by atoms with Crippen LogP contribution in [0.15, 0.2) is 24.3 Å². The molecular weight excluding hydrogens is 636 g/mol. The van der Waals surface area contributed by atoms with Crippen LogP contribution < -0.4 is 0 Å². The molecule has 6 heteroatoms. The number of esters is 3. The predicted octanol–water partition coefficient (Wildman–Crippen LogP) is 13.5. The summed E-state index contributed by atoms with van der Waals surface area (Å²) in [6.45, 7) is 8.37. The Morgan fingerprint density at radius 3 is 1.14 bits per heavy atom. The van der Waals surface area contributed by atoms with E-state index in [9.17, 15) is 14.4 Å². The molecule has 0 N–H and O–H groups in total. The molecule has 51 heavy (non-hydrogen) atoms. The number of hydrogen-bond acceptors (Lipinski definition) is 6. The standard InChI is InChI=1S/C45H82O6/c1-5-8-10-12-14-16-18-20-22-24-26-28-30-32-34-36-43(46)49-39-42(51-45(48)38-41(4)7-3)40-50-44(47)37-35-33-31-29-27-25-23-21-19-17-15-13-11-9-6-2/h20-23,41-42H,5-19,24-40H2,1-4H3/b22-20-,23-21-. The Morgan fingerprint density at radius 2 is 0.784 bits per heavy atom. The Hall–Kier alpha value is -2.11. The minimum Gasteiger partial charge on any atom is -0.462 e. The molecule has 0 saturated carbocycles. The van der Waals surface area contributed by atoms with Gasteiger partial charge < -0.3 is 14.2 Å². The van der Waals surface area contributed by atoms with E-state index in [1.165, 1.54) is 116 Å². The number of unbranched alkanes of at least 4 members (excludes halogenated alkanes) is 22. The van der Waals surface area contributed by atoms with Gasteiger partial charge in [-0.15, -0.1) is 0 Å². The van der Waals surface area contributed by atoms with Gasteiger partial charge in [-0.3, -0.25) is 14.4 Å². The molecule has 0 radical (unpaired) electrons. The van der Waals surface area contributed by atoms with Crippen molar-refractivity contribution in [3.63, 3.8) is 0 Å². The molecule has 0 aromatic rings. The zero-order chi connectivity index (χ0) is 37.5. The van der Waals surface area contributed by atoms with Crippen molar-refractivity contribution in [3.05, 3.63) is 24.3 Å². The molecule has 0 aliphatic heterocycles. The van der Waals surface area contributed by atoms with Gasteiger partial charge in [-0.1, -0.05) is 161 Å². The van der Waals surface area contributed by atoms with Crippen LogP contribution in [0, 0.1) is 5.92 Å². The molecule has 1 unspecified atom stereocenters. The normalized spacial score (nSPS) is 12.3. The van der Waals surface area contributed by atoms with Gasteiger partial charge in [0.2, 0.25) is 0 Å². The molecule has 0 amide bonds. The van der Waals surface area contributed by atoms with Crippen LogP contribution in [0.3, 0.4) is 0 Å². The zero-order valence-electron chi connectivity index (χ0n) is 34.0. The first kappa shape index (κ1) is 48.9. The highest BCUT2D eigenvalue weighted by Gasteiger charge is 2.20. The van der Waals surface area contributed by atoms with E-state index in [4.69, 9.17) is 14.2 Å². The summed E-state index contributed by atoms with van der Waals surface area (Å²) in [5, 5.41) is 0. The van der Waals surface area contributed by atoms with Crippen LogP contribution in [0.4, 0.5) is 0 Å². The fourth-order valence-electron chi connectivity index (χ4n) is 5.98. The van der Waals surface area contributed by atoms with Crippen molar-refractivity contribution >= 4 is 17.9 Å². The lowest BCUT2D eigenvalue weighted by Gasteiger charge is -2.19. The summed E-state index contributed by atoms with van der Waals surface area (Å²) in [6, 6.07) is 0. The third-order valence-electron chi connectivity index (χ3n) is 9.66. The van der Waals surface area contributed by atoms with Crippen LogP contribution in [0.25, 0.3) is 0 Å². The molecule has 6 nitrogen and oxygen atoms in total. The average molecular weight is 719 g/mol. The van der Waals surface area contributed by atoms with E-state index in [0.717, 1.165) is 57.8 Å². The SMILES string of the molecule is CCCCCCCC/C=C\CCCCCCCC(=O)OCC(COC(=O)CCCCCCC/C=C\CCCCCCCC)OC(=O)CC(C)CC. The average Bonchev–Trinajstić information content (AvgIpc) is 3.12. The van der Waals surface area contributed by atoms with E-state index in [-0.39, 0.29) is 37.0 Å². The number of hydrogen-bond donors (Lipinski definition) is 0. The minimum absolute atomic E-state index is 0.0865. The van der Waals surface area contributed by atoms with Crippen LogP contribution in [-0.4, -0.2) is 37.2 Å². The van der Waals surface area contributed by atoms with Crippen molar-refractivity contribution in [2.75, 3.05) is 13.2 Å². The molecule has 298 valence electrons. The van der Waals surface area contributed by atoms with E-state index in [1.807, 2.05) is 13.8 Å². The summed E-state index contributed by atoms with van der Waals surface area (Å²) >= 11 is 0. The lowest BCUT2D eigenvalue weighted by molar-refractivity contribution is -0.167. The van der Waals surface area contributed by atoms with Crippen LogP contribution in [0.1, 0.15) is 220 Å². The van der Waals surface area contributed by atoms with Crippen molar-refractivity contribution in [2.24, 2.45) is 5.92 Å². The highest BCUT2D eigenvalue weighted by atomic mass is 16.6. The van der Waals surface area contributed by atoms with E-state index < -0.39 is 6.10 Å². The molecule has 0 aromatic heterocycles. The van der Waals surface area contributed by atoms with Crippen molar-refractivity contribution in [1.82, 2.24) is 0 Å². The largest absolute Gasteiger partial charge is 0.462 e. The van der Waals surface area contributed by atoms with Gasteiger partial charge in [0.05, 0.1) is 0 Å². The molecule has 0 spiro atoms. The van der Waals surface area contributed by atoms with Crippen LogP contribution in [0.2, 0.25) is 0 Å². The molecular formula is C45H82O6. The Labute approximate surface area is 315 Å². The van der Waals surface area contributed by atoms with Gasteiger partial charge in [0.1, 0.15) is 13.2 Å². The van der Waals surface area contributed by atoms with Crippen molar-refractivity contribution in [2.45, 2.75) is 226 Å². The van der Waals surface area contributed by atoms with Gasteiger partial charge in [0.15, 0.2) is 6.10 Å². The first-order valence-corrected chi connectivity index (χ1v) is 21.7. The predicted molar refractivity (Wildman–Crippen MR) is 215 cm³/mol. The summed E-state index contributed by atoms with van der Waals surface area (Å²) in [5.74, 6) is -0.744. The van der Waals surface area contributed by atoms with Crippen molar-refractivity contribution in [1.29, 1.82) is 0 Å². The molecule has 0 fully saturated rings. The summed E-state index contributed by atoms with van der Waals surface area (Å²) < 4.78 is 16.5. The van der Waals surface area contributed by atoms with Gasteiger partial charge in [-0.2, -0.15) is 0 Å². The fraction of sp³-hybridized carbons (Fsp3) is 0.844. The Morgan fingerprint density at radius 1 is 0.451 bits per heavy atom. The molecule has 0 saturated heterocycles. The second-order valence-corrected chi connectivity index (χ2v) is 14.9. The van der Waals surface area contributed by atoms with E-state index in [0.29, 0.717) is 19.3 Å². The number of allylic oxidation sites excluding steroid dienone is 4. The summed E-state index contributed by atoms with van der Waals surface area (Å²) in [6.07, 6.45) is 41.8. The third kappa shape index (κ3) is 37.5. The Bertz CT molecular complexity index is 794. The number of carbonyl (C=O) groups is 3. The van der Waals surface area contributed by atoms with E-state index in [2.05, 4.69) is 38.2 Å². The molecule has 0 heterocycles. The number of rotatable bonds is 38. The summed E-state index contributed by atoms with van der Waals surface area (Å²) in [4.78, 5) is 37.3. The summed E-state index contributed by atoms with van der Waals surface area (Å²) in [5.41, 5.74) is 0. The van der Waals surface area contributed by atoms with Crippen LogP contribution in [-0.2, 0) is 28.6 Å². The van der Waals surface area contributed by atoms with Crippen molar-refractivity contribution < 1.29 is 28.6 Å². The van der Waals surface area contributed by atoms with Gasteiger partial charge in [0, 0.05) is 19.3 Å². The van der Waals surface area contributed by atoms with Gasteiger partial charge >= 0.3 is 17.9 Å². The van der Waals surface area contributed by atoms with Crippen LogP contribution in [0.5, 0.6) is 0 Å². The second kappa shape index (κ2) is 39.1. The Kier molecular flexibility index (Phi) is 37.5. The number of ether oxygens (including phenoxy) is 3. The molecule has 0 rings (SSSR count). The monoisotopic (exact) mass is 719 g/mol. The molecule has 0 bridgehead atoms. The van der Waals surface area contributed by atoms with Gasteiger partial charge in [-0.25, -0.2) is 0 Å². The minimum atomic E-state index is -0.780. The second-order valence-electron chi connectivity index (χ2n) is 14.9. The topological polar surface area (TPSA) is 78.9 Å². The maximum absolute atomic E-state index is 12.5.